The molecular weight excluding hydrogens is 164 g/mol. The van der Waals surface area contributed by atoms with Crippen LogP contribution >= 0.6 is 11.6 Å². The second kappa shape index (κ2) is 5.95. The van der Waals surface area contributed by atoms with Crippen molar-refractivity contribution in [3.05, 3.63) is 24.4 Å². The molecule has 0 unspecified atom stereocenters. The number of halogens is 1. The van der Waals surface area contributed by atoms with Crippen molar-refractivity contribution < 1.29 is 4.84 Å². The predicted octanol–water partition coefficient (Wildman–Crippen LogP) is 1.47. The maximum Gasteiger partial charge on any atom is 0.123 e. The molecule has 0 saturated carbocycles. The first kappa shape index (κ1) is 10.2. The number of aliphatic imine (C=N–C) groups is 1. The van der Waals surface area contributed by atoms with E-state index in [0.717, 1.165) is 0 Å². The first-order chi connectivity index (χ1) is 5.20. The van der Waals surface area contributed by atoms with Crippen LogP contribution in [-0.4, -0.2) is 19.3 Å². The number of nitrogens with one attached hydrogen (secondary N) is 1. The van der Waals surface area contributed by atoms with Crippen molar-refractivity contribution in [1.29, 1.82) is 0 Å². The summed E-state index contributed by atoms with van der Waals surface area (Å²) in [6.45, 7) is 3.61. The summed E-state index contributed by atoms with van der Waals surface area (Å²) in [5.74, 6) is 0. The third-order valence-electron chi connectivity index (χ3n) is 0.869. The summed E-state index contributed by atoms with van der Waals surface area (Å²) in [6, 6.07) is 0. The minimum Gasteiger partial charge on any atom is -0.279 e. The molecule has 0 heterocycles. The Morgan fingerprint density at radius 2 is 2.27 bits per heavy atom. The largest absolute Gasteiger partial charge is 0.279 e. The Balaban J connectivity index is 3.83. The lowest BCUT2D eigenvalue weighted by Gasteiger charge is -1.99. The van der Waals surface area contributed by atoms with Gasteiger partial charge in [-0.05, 0) is 12.2 Å². The lowest BCUT2D eigenvalue weighted by Crippen LogP contribution is -2.07. The zero-order chi connectivity index (χ0) is 8.69. The zero-order valence-electron chi connectivity index (χ0n) is 6.60. The fraction of sp³-hybridized carbons (Fsp3) is 0.286. The summed E-state index contributed by atoms with van der Waals surface area (Å²) in [4.78, 5) is 8.29. The Morgan fingerprint density at radius 3 is 2.73 bits per heavy atom. The fourth-order valence-corrected chi connectivity index (χ4v) is 0.472. The molecule has 0 aliphatic carbocycles. The molecule has 0 spiro atoms. The highest BCUT2D eigenvalue weighted by Gasteiger charge is 1.85. The van der Waals surface area contributed by atoms with Crippen molar-refractivity contribution in [3.63, 3.8) is 0 Å². The zero-order valence-corrected chi connectivity index (χ0v) is 7.35. The average molecular weight is 175 g/mol. The molecule has 11 heavy (non-hydrogen) atoms. The smallest absolute Gasteiger partial charge is 0.123 e. The van der Waals surface area contributed by atoms with E-state index in [1.807, 2.05) is 0 Å². The molecule has 0 rings (SSSR count). The van der Waals surface area contributed by atoms with Crippen LogP contribution in [0.5, 0.6) is 0 Å². The topological polar surface area (TPSA) is 33.6 Å². The third kappa shape index (κ3) is 5.63. The van der Waals surface area contributed by atoms with Crippen LogP contribution in [0.3, 0.4) is 0 Å². The van der Waals surface area contributed by atoms with Crippen LogP contribution in [-0.2, 0) is 4.84 Å². The Morgan fingerprint density at radius 1 is 1.64 bits per heavy atom. The maximum absolute atomic E-state index is 5.56. The van der Waals surface area contributed by atoms with Crippen LogP contribution in [0.4, 0.5) is 0 Å². The highest BCUT2D eigenvalue weighted by atomic mass is 35.5. The van der Waals surface area contributed by atoms with E-state index < -0.39 is 0 Å². The van der Waals surface area contributed by atoms with Gasteiger partial charge in [0, 0.05) is 7.05 Å². The Bertz CT molecular complexity index is 187. The van der Waals surface area contributed by atoms with Crippen molar-refractivity contribution >= 4 is 16.8 Å². The molecule has 0 atom stereocenters. The van der Waals surface area contributed by atoms with Gasteiger partial charge in [0.05, 0.1) is 12.8 Å². The number of hydrogen-bond donors (Lipinski definition) is 1. The predicted molar refractivity (Wildman–Crippen MR) is 47.6 cm³/mol. The standard InChI is InChI=1S/C7H11ClN2O/c1-6(10-11-3)4-5-7(8)9-2/h4-5,10H,1H2,2-3H3/b5-4-,9-7?. The number of hydrogen-bond acceptors (Lipinski definition) is 3. The molecule has 0 fully saturated rings. The third-order valence-corrected chi connectivity index (χ3v) is 1.16. The Kier molecular flexibility index (Phi) is 5.51. The monoisotopic (exact) mass is 174 g/mol. The maximum atomic E-state index is 5.56. The summed E-state index contributed by atoms with van der Waals surface area (Å²) in [6.07, 6.45) is 3.29. The average Bonchev–Trinajstić information content (AvgIpc) is 2.01. The summed E-state index contributed by atoms with van der Waals surface area (Å²) in [5.41, 5.74) is 3.15. The number of hydroxylamine groups is 1. The SMILES string of the molecule is C=C(/C=C\C(Cl)=NC)NOC. The van der Waals surface area contributed by atoms with Crippen molar-refractivity contribution in [2.75, 3.05) is 14.2 Å². The summed E-state index contributed by atoms with van der Waals surface area (Å²) in [5, 5.41) is 0.420. The van der Waals surface area contributed by atoms with Gasteiger partial charge < -0.3 is 0 Å². The van der Waals surface area contributed by atoms with Crippen LogP contribution in [0.1, 0.15) is 0 Å². The van der Waals surface area contributed by atoms with Crippen molar-refractivity contribution in [2.45, 2.75) is 0 Å². The van der Waals surface area contributed by atoms with Gasteiger partial charge >= 0.3 is 0 Å². The van der Waals surface area contributed by atoms with E-state index in [4.69, 9.17) is 11.6 Å². The van der Waals surface area contributed by atoms with Crippen molar-refractivity contribution in [2.24, 2.45) is 4.99 Å². The normalized spacial score (nSPS) is 12.1. The molecule has 0 aliphatic rings. The Labute approximate surface area is 71.4 Å². The molecule has 0 aromatic rings. The number of rotatable bonds is 4. The van der Waals surface area contributed by atoms with Crippen LogP contribution in [0.15, 0.2) is 29.4 Å². The molecule has 0 radical (unpaired) electrons. The highest BCUT2D eigenvalue weighted by molar-refractivity contribution is 6.68. The lowest BCUT2D eigenvalue weighted by atomic mass is 10.4. The van der Waals surface area contributed by atoms with E-state index in [2.05, 4.69) is 21.9 Å². The molecule has 0 saturated heterocycles. The van der Waals surface area contributed by atoms with Gasteiger partial charge in [-0.15, -0.1) is 0 Å². The van der Waals surface area contributed by atoms with Gasteiger partial charge in [0.15, 0.2) is 0 Å². The van der Waals surface area contributed by atoms with Gasteiger partial charge in [-0.3, -0.25) is 15.3 Å². The molecule has 0 bridgehead atoms. The molecule has 4 heteroatoms. The molecule has 1 N–H and O–H groups in total. The van der Waals surface area contributed by atoms with Crippen LogP contribution in [0, 0.1) is 0 Å². The first-order valence-corrected chi connectivity index (χ1v) is 3.36. The molecule has 0 aromatic heterocycles. The summed E-state index contributed by atoms with van der Waals surface area (Å²) >= 11 is 5.56. The molecular formula is C7H11ClN2O. The quantitative estimate of drug-likeness (QED) is 0.398. The molecule has 0 amide bonds. The Hall–Kier alpha value is -0.800. The number of nitrogens with zero attached hydrogens (tertiary/aromatic N) is 1. The van der Waals surface area contributed by atoms with Crippen LogP contribution < -0.4 is 5.48 Å². The second-order valence-corrected chi connectivity index (χ2v) is 2.10. The molecule has 0 aromatic carbocycles. The summed E-state index contributed by atoms with van der Waals surface area (Å²) < 4.78 is 0. The van der Waals surface area contributed by atoms with E-state index in [1.54, 1.807) is 19.2 Å². The van der Waals surface area contributed by atoms with Crippen LogP contribution in [0.2, 0.25) is 0 Å². The lowest BCUT2D eigenvalue weighted by molar-refractivity contribution is 0.121. The fourth-order valence-electron chi connectivity index (χ4n) is 0.409. The van der Waals surface area contributed by atoms with Gasteiger partial charge in [-0.2, -0.15) is 0 Å². The highest BCUT2D eigenvalue weighted by Crippen LogP contribution is 1.91. The minimum absolute atomic E-state index is 0.420. The molecule has 0 aliphatic heterocycles. The van der Waals surface area contributed by atoms with Crippen molar-refractivity contribution in [1.82, 2.24) is 5.48 Å². The van der Waals surface area contributed by atoms with E-state index in [1.165, 1.54) is 7.11 Å². The second-order valence-electron chi connectivity index (χ2n) is 1.71. The van der Waals surface area contributed by atoms with Gasteiger partial charge in [0.1, 0.15) is 5.17 Å². The van der Waals surface area contributed by atoms with E-state index in [-0.39, 0.29) is 0 Å². The van der Waals surface area contributed by atoms with Crippen LogP contribution in [0.25, 0.3) is 0 Å². The molecule has 62 valence electrons. The van der Waals surface area contributed by atoms with Gasteiger partial charge in [0.25, 0.3) is 0 Å². The summed E-state index contributed by atoms with van der Waals surface area (Å²) in [7, 11) is 3.12. The van der Waals surface area contributed by atoms with Gasteiger partial charge in [0.2, 0.25) is 0 Å². The van der Waals surface area contributed by atoms with Gasteiger partial charge in [-0.1, -0.05) is 18.2 Å². The molecule has 3 nitrogen and oxygen atoms in total. The van der Waals surface area contributed by atoms with Gasteiger partial charge in [-0.25, -0.2) is 0 Å². The van der Waals surface area contributed by atoms with Crippen molar-refractivity contribution in [3.8, 4) is 0 Å². The number of allylic oxidation sites excluding steroid dienone is 2. The first-order valence-electron chi connectivity index (χ1n) is 2.99. The minimum atomic E-state index is 0.420. The van der Waals surface area contributed by atoms with E-state index in [0.29, 0.717) is 10.9 Å². The van der Waals surface area contributed by atoms with E-state index in [9.17, 15) is 0 Å². The van der Waals surface area contributed by atoms with E-state index >= 15 is 0 Å².